The van der Waals surface area contributed by atoms with Crippen molar-refractivity contribution in [2.75, 3.05) is 32.7 Å². The molecule has 25 heavy (non-hydrogen) atoms. The average molecular weight is 337 g/mol. The highest BCUT2D eigenvalue weighted by atomic mass is 19.1. The van der Waals surface area contributed by atoms with Crippen LogP contribution in [0.1, 0.15) is 29.2 Å². The number of aryl methyl sites for hydroxylation is 1. The van der Waals surface area contributed by atoms with Crippen molar-refractivity contribution in [2.45, 2.75) is 20.3 Å². The first-order chi connectivity index (χ1) is 12.1. The van der Waals surface area contributed by atoms with E-state index in [1.807, 2.05) is 6.07 Å². The molecule has 0 aromatic heterocycles. The van der Waals surface area contributed by atoms with E-state index in [0.29, 0.717) is 0 Å². The predicted octanol–water partition coefficient (Wildman–Crippen LogP) is 3.75. The standard InChI is InChI=1S/C21H24FN3/c1-3-24-8-10-25(11-9-24)21-19-7-6-18(22)14-17(19)13-16-5-4-15(2)12-20(16)23-21/h4-7,12,14H,3,8-11,13H2,1-2H3. The third-order valence-electron chi connectivity index (χ3n) is 5.28. The Labute approximate surface area is 148 Å². The lowest BCUT2D eigenvalue weighted by Crippen LogP contribution is -2.48. The maximum absolute atomic E-state index is 13.9. The van der Waals surface area contributed by atoms with Crippen molar-refractivity contribution in [3.63, 3.8) is 0 Å². The van der Waals surface area contributed by atoms with Crippen LogP contribution in [0.2, 0.25) is 0 Å². The number of likely N-dealkylation sites (N-methyl/N-ethyl adjacent to an activating group) is 1. The molecule has 4 heteroatoms. The molecule has 0 atom stereocenters. The van der Waals surface area contributed by atoms with Gasteiger partial charge in [-0.3, -0.25) is 0 Å². The highest BCUT2D eigenvalue weighted by molar-refractivity contribution is 6.02. The normalized spacial score (nSPS) is 17.6. The average Bonchev–Trinajstić information content (AvgIpc) is 2.77. The summed E-state index contributed by atoms with van der Waals surface area (Å²) in [5.41, 5.74) is 5.48. The second kappa shape index (κ2) is 6.60. The molecular formula is C21H24FN3. The van der Waals surface area contributed by atoms with Gasteiger partial charge in [0.05, 0.1) is 5.69 Å². The minimum atomic E-state index is -0.176. The van der Waals surface area contributed by atoms with Crippen LogP contribution in [-0.2, 0) is 6.42 Å². The second-order valence-electron chi connectivity index (χ2n) is 6.97. The third-order valence-corrected chi connectivity index (χ3v) is 5.28. The summed E-state index contributed by atoms with van der Waals surface area (Å²) in [6.07, 6.45) is 0.727. The van der Waals surface area contributed by atoms with E-state index >= 15 is 0 Å². The van der Waals surface area contributed by atoms with E-state index in [-0.39, 0.29) is 5.82 Å². The van der Waals surface area contributed by atoms with E-state index in [2.05, 4.69) is 41.8 Å². The van der Waals surface area contributed by atoms with Gasteiger partial charge in [-0.25, -0.2) is 9.38 Å². The van der Waals surface area contributed by atoms with Gasteiger partial charge < -0.3 is 9.80 Å². The molecule has 2 aliphatic heterocycles. The monoisotopic (exact) mass is 337 g/mol. The molecule has 3 nitrogen and oxygen atoms in total. The van der Waals surface area contributed by atoms with Gasteiger partial charge in [0.2, 0.25) is 0 Å². The van der Waals surface area contributed by atoms with E-state index in [1.165, 1.54) is 11.1 Å². The molecule has 2 aromatic rings. The zero-order chi connectivity index (χ0) is 17.4. The number of rotatable bonds is 1. The van der Waals surface area contributed by atoms with Gasteiger partial charge in [0, 0.05) is 38.2 Å². The zero-order valence-corrected chi connectivity index (χ0v) is 14.9. The van der Waals surface area contributed by atoms with Crippen molar-refractivity contribution in [3.05, 3.63) is 64.5 Å². The lowest BCUT2D eigenvalue weighted by atomic mass is 9.98. The first kappa shape index (κ1) is 16.3. The van der Waals surface area contributed by atoms with E-state index < -0.39 is 0 Å². The topological polar surface area (TPSA) is 18.8 Å². The molecule has 0 aliphatic carbocycles. The maximum atomic E-state index is 13.9. The van der Waals surface area contributed by atoms with Gasteiger partial charge in [-0.05, 0) is 54.4 Å². The smallest absolute Gasteiger partial charge is 0.136 e. The summed E-state index contributed by atoms with van der Waals surface area (Å²) in [5.74, 6) is 0.819. The number of fused-ring (bicyclic) bond motifs is 2. The Balaban J connectivity index is 1.79. The summed E-state index contributed by atoms with van der Waals surface area (Å²) in [7, 11) is 0. The highest BCUT2D eigenvalue weighted by Gasteiger charge is 2.24. The van der Waals surface area contributed by atoms with Crippen LogP contribution in [0.5, 0.6) is 0 Å². The van der Waals surface area contributed by atoms with E-state index in [9.17, 15) is 4.39 Å². The van der Waals surface area contributed by atoms with Gasteiger partial charge in [0.1, 0.15) is 11.7 Å². The van der Waals surface area contributed by atoms with Gasteiger partial charge >= 0.3 is 0 Å². The molecule has 4 rings (SSSR count). The molecular weight excluding hydrogens is 313 g/mol. The summed E-state index contributed by atoms with van der Waals surface area (Å²) in [5, 5.41) is 0. The molecule has 0 unspecified atom stereocenters. The van der Waals surface area contributed by atoms with E-state index in [0.717, 1.165) is 61.8 Å². The molecule has 2 heterocycles. The number of halogens is 1. The minimum Gasteiger partial charge on any atom is -0.354 e. The number of piperazine rings is 1. The van der Waals surface area contributed by atoms with Crippen molar-refractivity contribution in [3.8, 4) is 0 Å². The highest BCUT2D eigenvalue weighted by Crippen LogP contribution is 2.31. The van der Waals surface area contributed by atoms with Gasteiger partial charge in [-0.2, -0.15) is 0 Å². The van der Waals surface area contributed by atoms with Crippen molar-refractivity contribution in [1.82, 2.24) is 9.80 Å². The Hall–Kier alpha value is -2.20. The molecule has 2 aromatic carbocycles. The summed E-state index contributed by atoms with van der Waals surface area (Å²) < 4.78 is 13.9. The minimum absolute atomic E-state index is 0.176. The van der Waals surface area contributed by atoms with Crippen LogP contribution in [0.4, 0.5) is 10.1 Å². The fourth-order valence-corrected chi connectivity index (χ4v) is 3.75. The fraction of sp³-hybridized carbons (Fsp3) is 0.381. The van der Waals surface area contributed by atoms with Crippen molar-refractivity contribution < 1.29 is 4.39 Å². The van der Waals surface area contributed by atoms with Crippen LogP contribution in [0.3, 0.4) is 0 Å². The maximum Gasteiger partial charge on any atom is 0.136 e. The van der Waals surface area contributed by atoms with Crippen LogP contribution in [0, 0.1) is 12.7 Å². The van der Waals surface area contributed by atoms with Crippen LogP contribution in [-0.4, -0.2) is 48.4 Å². The number of hydrogen-bond donors (Lipinski definition) is 0. The molecule has 2 aliphatic rings. The Morgan fingerprint density at radius 2 is 1.80 bits per heavy atom. The van der Waals surface area contributed by atoms with Crippen LogP contribution < -0.4 is 0 Å². The van der Waals surface area contributed by atoms with Gasteiger partial charge in [-0.15, -0.1) is 0 Å². The van der Waals surface area contributed by atoms with Crippen molar-refractivity contribution in [1.29, 1.82) is 0 Å². The number of amidine groups is 1. The Morgan fingerprint density at radius 3 is 2.56 bits per heavy atom. The number of aliphatic imine (C=N–C) groups is 1. The molecule has 0 radical (unpaired) electrons. The Bertz CT molecular complexity index is 820. The lowest BCUT2D eigenvalue weighted by molar-refractivity contribution is 0.190. The first-order valence-electron chi connectivity index (χ1n) is 9.08. The second-order valence-corrected chi connectivity index (χ2v) is 6.97. The summed E-state index contributed by atoms with van der Waals surface area (Å²) in [6.45, 7) is 9.40. The van der Waals surface area contributed by atoms with E-state index in [1.54, 1.807) is 12.1 Å². The fourth-order valence-electron chi connectivity index (χ4n) is 3.75. The third kappa shape index (κ3) is 3.19. The van der Waals surface area contributed by atoms with Gasteiger partial charge in [-0.1, -0.05) is 19.1 Å². The molecule has 0 saturated carbocycles. The summed E-state index contributed by atoms with van der Waals surface area (Å²) in [4.78, 5) is 9.86. The van der Waals surface area contributed by atoms with Crippen molar-refractivity contribution in [2.24, 2.45) is 4.99 Å². The SMILES string of the molecule is CCN1CCN(C2=Nc3cc(C)ccc3Cc3cc(F)ccc32)CC1. The number of benzene rings is 2. The molecule has 0 bridgehead atoms. The summed E-state index contributed by atoms with van der Waals surface area (Å²) >= 11 is 0. The Morgan fingerprint density at radius 1 is 1.00 bits per heavy atom. The molecule has 0 amide bonds. The lowest BCUT2D eigenvalue weighted by Gasteiger charge is -2.36. The van der Waals surface area contributed by atoms with Gasteiger partial charge in [0.25, 0.3) is 0 Å². The molecule has 1 saturated heterocycles. The number of nitrogens with zero attached hydrogens (tertiary/aromatic N) is 3. The molecule has 0 spiro atoms. The van der Waals surface area contributed by atoms with Crippen LogP contribution in [0.25, 0.3) is 0 Å². The van der Waals surface area contributed by atoms with E-state index in [4.69, 9.17) is 4.99 Å². The molecule has 130 valence electrons. The first-order valence-corrected chi connectivity index (χ1v) is 9.08. The van der Waals surface area contributed by atoms with Crippen LogP contribution >= 0.6 is 0 Å². The van der Waals surface area contributed by atoms with Gasteiger partial charge in [0.15, 0.2) is 0 Å². The Kier molecular flexibility index (Phi) is 4.30. The van der Waals surface area contributed by atoms with Crippen LogP contribution in [0.15, 0.2) is 41.4 Å². The predicted molar refractivity (Wildman–Crippen MR) is 100 cm³/mol. The molecule has 0 N–H and O–H groups in total. The quantitative estimate of drug-likeness (QED) is 0.789. The van der Waals surface area contributed by atoms with Crippen molar-refractivity contribution >= 4 is 11.5 Å². The summed E-state index contributed by atoms with van der Waals surface area (Å²) in [6, 6.07) is 11.5. The largest absolute Gasteiger partial charge is 0.354 e. The molecule has 1 fully saturated rings. The zero-order valence-electron chi connectivity index (χ0n) is 14.9. The number of hydrogen-bond acceptors (Lipinski definition) is 3.